The van der Waals surface area contributed by atoms with E-state index < -0.39 is 5.82 Å². The lowest BCUT2D eigenvalue weighted by Crippen LogP contribution is -2.24. The Hall–Kier alpha value is -1.27. The van der Waals surface area contributed by atoms with Gasteiger partial charge in [0.2, 0.25) is 0 Å². The van der Waals surface area contributed by atoms with Crippen molar-refractivity contribution in [3.05, 3.63) is 67.2 Å². The second kappa shape index (κ2) is 5.79. The molecule has 0 aliphatic carbocycles. The van der Waals surface area contributed by atoms with Crippen LogP contribution in [0.1, 0.15) is 10.4 Å². The van der Waals surface area contributed by atoms with Crippen molar-refractivity contribution >= 4 is 37.6 Å². The Balaban J connectivity index is 2.29. The highest BCUT2D eigenvalue weighted by atomic mass is 79.9. The highest BCUT2D eigenvalue weighted by Gasteiger charge is 2.10. The Morgan fingerprint density at radius 3 is 2.47 bits per heavy atom. The molecule has 0 aliphatic rings. The van der Waals surface area contributed by atoms with Gasteiger partial charge in [0.25, 0.3) is 5.56 Å². The molecule has 19 heavy (non-hydrogen) atoms. The average Bonchev–Trinajstić information content (AvgIpc) is 2.36. The second-order valence-corrected chi connectivity index (χ2v) is 5.64. The first-order valence-corrected chi connectivity index (χ1v) is 6.90. The zero-order chi connectivity index (χ0) is 14.0. The molecule has 2 rings (SSSR count). The Bertz CT molecular complexity index is 680. The third-order valence-electron chi connectivity index (χ3n) is 2.49. The summed E-state index contributed by atoms with van der Waals surface area (Å²) in [6, 6.07) is 6.84. The molecule has 0 radical (unpaired) electrons. The molecule has 98 valence electrons. The number of Topliss-reactive ketones (excluding diaryl/α,β-unsaturated/α-hetero) is 1. The van der Waals surface area contributed by atoms with Gasteiger partial charge >= 0.3 is 0 Å². The summed E-state index contributed by atoms with van der Waals surface area (Å²) in [4.78, 5) is 23.8. The first-order valence-electron chi connectivity index (χ1n) is 5.31. The maximum absolute atomic E-state index is 12.8. The predicted octanol–water partition coefficient (Wildman–Crippen LogP) is 3.40. The van der Waals surface area contributed by atoms with E-state index in [-0.39, 0.29) is 17.9 Å². The van der Waals surface area contributed by atoms with Crippen LogP contribution in [0, 0.1) is 5.82 Å². The van der Waals surface area contributed by atoms with Crippen LogP contribution >= 0.6 is 31.9 Å². The number of ketones is 1. The molecule has 0 saturated carbocycles. The number of carbonyl (C=O) groups excluding carboxylic acids is 1. The molecule has 6 heteroatoms. The SMILES string of the molecule is O=C(Cn1cc(Br)cc(Br)c1=O)c1ccc(F)cc1. The van der Waals surface area contributed by atoms with E-state index in [4.69, 9.17) is 0 Å². The second-order valence-electron chi connectivity index (χ2n) is 3.87. The maximum Gasteiger partial charge on any atom is 0.265 e. The number of aromatic nitrogens is 1. The third kappa shape index (κ3) is 3.39. The molecule has 2 aromatic rings. The summed E-state index contributed by atoms with van der Waals surface area (Å²) in [5.41, 5.74) is 0.0723. The molecule has 0 atom stereocenters. The van der Waals surface area contributed by atoms with E-state index in [1.165, 1.54) is 35.0 Å². The van der Waals surface area contributed by atoms with Crippen molar-refractivity contribution < 1.29 is 9.18 Å². The van der Waals surface area contributed by atoms with E-state index in [1.807, 2.05) is 0 Å². The van der Waals surface area contributed by atoms with Gasteiger partial charge in [0.15, 0.2) is 5.78 Å². The molecule has 3 nitrogen and oxygen atoms in total. The van der Waals surface area contributed by atoms with E-state index in [0.29, 0.717) is 14.5 Å². The van der Waals surface area contributed by atoms with E-state index in [0.717, 1.165) is 0 Å². The van der Waals surface area contributed by atoms with Crippen LogP contribution in [0.25, 0.3) is 0 Å². The zero-order valence-corrected chi connectivity index (χ0v) is 12.7. The summed E-state index contributed by atoms with van der Waals surface area (Å²) < 4.78 is 15.1. The minimum atomic E-state index is -0.404. The van der Waals surface area contributed by atoms with Gasteiger partial charge in [-0.15, -0.1) is 0 Å². The molecule has 1 aromatic carbocycles. The summed E-state index contributed by atoms with van der Waals surface area (Å²) >= 11 is 6.38. The number of carbonyl (C=O) groups is 1. The van der Waals surface area contributed by atoms with Crippen LogP contribution in [-0.4, -0.2) is 10.4 Å². The van der Waals surface area contributed by atoms with Crippen molar-refractivity contribution in [2.45, 2.75) is 6.54 Å². The van der Waals surface area contributed by atoms with Gasteiger partial charge in [-0.3, -0.25) is 9.59 Å². The topological polar surface area (TPSA) is 39.1 Å². The van der Waals surface area contributed by atoms with E-state index in [1.54, 1.807) is 6.07 Å². The van der Waals surface area contributed by atoms with Gasteiger partial charge in [-0.05, 0) is 62.2 Å². The molecule has 0 aliphatic heterocycles. The lowest BCUT2D eigenvalue weighted by atomic mass is 10.1. The largest absolute Gasteiger partial charge is 0.306 e. The highest BCUT2D eigenvalue weighted by molar-refractivity contribution is 9.11. The number of hydrogen-bond acceptors (Lipinski definition) is 2. The number of rotatable bonds is 3. The van der Waals surface area contributed by atoms with Crippen molar-refractivity contribution in [3.8, 4) is 0 Å². The molecule has 1 heterocycles. The smallest absolute Gasteiger partial charge is 0.265 e. The number of benzene rings is 1. The summed E-state index contributed by atoms with van der Waals surface area (Å²) in [7, 11) is 0. The first kappa shape index (κ1) is 14.1. The molecule has 0 fully saturated rings. The lowest BCUT2D eigenvalue weighted by molar-refractivity contribution is 0.0970. The van der Waals surface area contributed by atoms with Gasteiger partial charge in [-0.1, -0.05) is 0 Å². The maximum atomic E-state index is 12.8. The molecular formula is C13H8Br2FNO2. The molecule has 0 unspecified atom stereocenters. The zero-order valence-electron chi connectivity index (χ0n) is 9.57. The molecular weight excluding hydrogens is 381 g/mol. The summed E-state index contributed by atoms with van der Waals surface area (Å²) in [5, 5.41) is 0. The van der Waals surface area contributed by atoms with Crippen LogP contribution in [-0.2, 0) is 6.54 Å². The number of halogens is 3. The molecule has 0 saturated heterocycles. The van der Waals surface area contributed by atoms with Crippen molar-refractivity contribution in [1.82, 2.24) is 4.57 Å². The minimum Gasteiger partial charge on any atom is -0.306 e. The molecule has 0 bridgehead atoms. The monoisotopic (exact) mass is 387 g/mol. The quantitative estimate of drug-likeness (QED) is 0.756. The summed E-state index contributed by atoms with van der Waals surface area (Å²) in [6.07, 6.45) is 1.54. The summed E-state index contributed by atoms with van der Waals surface area (Å²) in [6.45, 7) is -0.0947. The average molecular weight is 389 g/mol. The van der Waals surface area contributed by atoms with Crippen LogP contribution in [0.3, 0.4) is 0 Å². The van der Waals surface area contributed by atoms with Crippen molar-refractivity contribution in [2.75, 3.05) is 0 Å². The standard InChI is InChI=1S/C13H8Br2FNO2/c14-9-5-11(15)13(19)17(6-9)7-12(18)8-1-3-10(16)4-2-8/h1-6H,7H2. The van der Waals surface area contributed by atoms with Crippen LogP contribution in [0.4, 0.5) is 4.39 Å². The molecule has 1 aromatic heterocycles. The Morgan fingerprint density at radius 2 is 1.84 bits per heavy atom. The predicted molar refractivity (Wildman–Crippen MR) is 76.8 cm³/mol. The minimum absolute atomic E-state index is 0.0947. The number of hydrogen-bond donors (Lipinski definition) is 0. The number of nitrogens with zero attached hydrogens (tertiary/aromatic N) is 1. The van der Waals surface area contributed by atoms with Crippen LogP contribution in [0.15, 0.2) is 50.3 Å². The van der Waals surface area contributed by atoms with Crippen LogP contribution in [0.5, 0.6) is 0 Å². The fourth-order valence-corrected chi connectivity index (χ4v) is 2.82. The summed E-state index contributed by atoms with van der Waals surface area (Å²) in [5.74, 6) is -0.661. The van der Waals surface area contributed by atoms with E-state index in [9.17, 15) is 14.0 Å². The first-order chi connectivity index (χ1) is 8.97. The molecule has 0 N–H and O–H groups in total. The van der Waals surface area contributed by atoms with Gasteiger partial charge in [-0.25, -0.2) is 4.39 Å². The van der Waals surface area contributed by atoms with Gasteiger partial charge in [0.05, 0.1) is 11.0 Å². The van der Waals surface area contributed by atoms with E-state index >= 15 is 0 Å². The Labute approximate surface area is 125 Å². The van der Waals surface area contributed by atoms with Gasteiger partial charge in [0, 0.05) is 16.2 Å². The van der Waals surface area contributed by atoms with Crippen LogP contribution in [0.2, 0.25) is 0 Å². The molecule has 0 spiro atoms. The third-order valence-corrected chi connectivity index (χ3v) is 3.49. The molecule has 0 amide bonds. The van der Waals surface area contributed by atoms with Crippen LogP contribution < -0.4 is 5.56 Å². The number of pyridine rings is 1. The Kier molecular flexibility index (Phi) is 4.31. The van der Waals surface area contributed by atoms with Crippen molar-refractivity contribution in [1.29, 1.82) is 0 Å². The van der Waals surface area contributed by atoms with Gasteiger partial charge < -0.3 is 4.57 Å². The highest BCUT2D eigenvalue weighted by Crippen LogP contribution is 2.13. The van der Waals surface area contributed by atoms with E-state index in [2.05, 4.69) is 31.9 Å². The normalized spacial score (nSPS) is 10.5. The fourth-order valence-electron chi connectivity index (χ4n) is 1.56. The lowest BCUT2D eigenvalue weighted by Gasteiger charge is -2.06. The van der Waals surface area contributed by atoms with Crippen molar-refractivity contribution in [2.24, 2.45) is 0 Å². The Morgan fingerprint density at radius 1 is 1.21 bits per heavy atom. The van der Waals surface area contributed by atoms with Gasteiger partial charge in [0.1, 0.15) is 5.82 Å². The van der Waals surface area contributed by atoms with Gasteiger partial charge in [-0.2, -0.15) is 0 Å². The fraction of sp³-hybridized carbons (Fsp3) is 0.0769. The van der Waals surface area contributed by atoms with Crippen molar-refractivity contribution in [3.63, 3.8) is 0 Å².